The Bertz CT molecular complexity index is 980. The van der Waals surface area contributed by atoms with Gasteiger partial charge in [0.25, 0.3) is 5.91 Å². The molecule has 0 bridgehead atoms. The molecule has 0 saturated carbocycles. The zero-order valence-corrected chi connectivity index (χ0v) is 14.8. The first kappa shape index (κ1) is 18.3. The maximum atomic E-state index is 12.8. The molecule has 1 aromatic carbocycles. The average molecular weight is 401 g/mol. The number of carbonyl (C=O) groups excluding carboxylic acids is 1. The lowest BCUT2D eigenvalue weighted by molar-refractivity contribution is -0.141. The zero-order chi connectivity index (χ0) is 19.1. The Kier molecular flexibility index (Phi) is 4.68. The first-order chi connectivity index (χ1) is 12.2. The lowest BCUT2D eigenvalue weighted by Gasteiger charge is -2.05. The van der Waals surface area contributed by atoms with Crippen molar-refractivity contribution in [1.29, 1.82) is 0 Å². The van der Waals surface area contributed by atoms with Crippen LogP contribution in [0.1, 0.15) is 15.4 Å². The van der Waals surface area contributed by atoms with E-state index in [9.17, 15) is 18.0 Å². The summed E-state index contributed by atoms with van der Waals surface area (Å²) in [6.07, 6.45) is -4.56. The quantitative estimate of drug-likeness (QED) is 0.671. The normalized spacial score (nSPS) is 11.6. The molecule has 2 heterocycles. The number of benzene rings is 1. The van der Waals surface area contributed by atoms with E-state index in [2.05, 4.69) is 10.4 Å². The van der Waals surface area contributed by atoms with Gasteiger partial charge in [-0.25, -0.2) is 0 Å². The number of nitrogens with two attached hydrogens (primary N) is 1. The van der Waals surface area contributed by atoms with E-state index in [1.807, 2.05) is 0 Å². The first-order valence-corrected chi connectivity index (χ1v) is 8.43. The maximum Gasteiger partial charge on any atom is 0.435 e. The van der Waals surface area contributed by atoms with Crippen molar-refractivity contribution in [2.45, 2.75) is 6.18 Å². The Morgan fingerprint density at radius 2 is 2.00 bits per heavy atom. The molecule has 1 amide bonds. The van der Waals surface area contributed by atoms with Crippen LogP contribution < -0.4 is 11.1 Å². The van der Waals surface area contributed by atoms with E-state index in [1.165, 1.54) is 13.1 Å². The minimum absolute atomic E-state index is 0.177. The minimum Gasteiger partial charge on any atom is -0.397 e. The molecular formula is C16H12ClF3N4OS. The van der Waals surface area contributed by atoms with Crippen molar-refractivity contribution in [1.82, 2.24) is 9.78 Å². The molecule has 0 aliphatic rings. The fourth-order valence-corrected chi connectivity index (χ4v) is 3.49. The summed E-state index contributed by atoms with van der Waals surface area (Å²) in [6.45, 7) is 0. The summed E-state index contributed by atoms with van der Waals surface area (Å²) < 4.78 is 39.6. The third kappa shape index (κ3) is 3.54. The molecule has 3 aromatic rings. The standard InChI is InChI=1S/C16H12ClF3N4OS/c1-24-11(7-13(23-24)16(18,19)20)14-9(21)6-12(26-14)15(25)22-10-5-3-2-4-8(10)17/h2-7H,21H2,1H3,(H,22,25). The number of carbonyl (C=O) groups is 1. The zero-order valence-electron chi connectivity index (χ0n) is 13.3. The van der Waals surface area contributed by atoms with Crippen LogP contribution in [0.4, 0.5) is 24.5 Å². The topological polar surface area (TPSA) is 72.9 Å². The Balaban J connectivity index is 1.91. The van der Waals surface area contributed by atoms with Crippen LogP contribution in [0.25, 0.3) is 10.6 Å². The number of amides is 1. The minimum atomic E-state index is -4.56. The van der Waals surface area contributed by atoms with Gasteiger partial charge in [0.05, 0.1) is 31.8 Å². The second-order valence-corrected chi connectivity index (χ2v) is 6.82. The number of alkyl halides is 3. The monoisotopic (exact) mass is 400 g/mol. The third-order valence-corrected chi connectivity index (χ3v) is 5.01. The van der Waals surface area contributed by atoms with Gasteiger partial charge in [-0.1, -0.05) is 23.7 Å². The van der Waals surface area contributed by atoms with E-state index in [4.69, 9.17) is 17.3 Å². The van der Waals surface area contributed by atoms with Crippen molar-refractivity contribution < 1.29 is 18.0 Å². The lowest BCUT2D eigenvalue weighted by atomic mass is 10.2. The van der Waals surface area contributed by atoms with Crippen LogP contribution in [0.3, 0.4) is 0 Å². The number of hydrogen-bond donors (Lipinski definition) is 2. The van der Waals surface area contributed by atoms with E-state index >= 15 is 0 Å². The Morgan fingerprint density at radius 1 is 1.31 bits per heavy atom. The molecule has 0 aliphatic heterocycles. The van der Waals surface area contributed by atoms with Gasteiger partial charge in [0.15, 0.2) is 5.69 Å². The molecule has 26 heavy (non-hydrogen) atoms. The van der Waals surface area contributed by atoms with E-state index in [0.29, 0.717) is 15.6 Å². The number of aromatic nitrogens is 2. The number of anilines is 2. The molecule has 3 rings (SSSR count). The van der Waals surface area contributed by atoms with Crippen LogP contribution in [0.2, 0.25) is 5.02 Å². The van der Waals surface area contributed by atoms with Crippen molar-refractivity contribution in [2.24, 2.45) is 7.05 Å². The summed E-state index contributed by atoms with van der Waals surface area (Å²) in [7, 11) is 1.38. The fraction of sp³-hybridized carbons (Fsp3) is 0.125. The molecule has 3 N–H and O–H groups in total. The van der Waals surface area contributed by atoms with Gasteiger partial charge in [0.1, 0.15) is 0 Å². The molecule has 0 atom stereocenters. The summed E-state index contributed by atoms with van der Waals surface area (Å²) >= 11 is 6.98. The smallest absolute Gasteiger partial charge is 0.397 e. The summed E-state index contributed by atoms with van der Waals surface area (Å²) in [5, 5.41) is 6.47. The summed E-state index contributed by atoms with van der Waals surface area (Å²) in [6, 6.07) is 9.00. The summed E-state index contributed by atoms with van der Waals surface area (Å²) in [4.78, 5) is 13.0. The van der Waals surface area contributed by atoms with Crippen LogP contribution >= 0.6 is 22.9 Å². The molecule has 136 valence electrons. The van der Waals surface area contributed by atoms with Gasteiger partial charge >= 0.3 is 6.18 Å². The molecule has 2 aromatic heterocycles. The molecule has 0 unspecified atom stereocenters. The first-order valence-electron chi connectivity index (χ1n) is 7.23. The fourth-order valence-electron chi connectivity index (χ4n) is 2.28. The molecule has 0 saturated heterocycles. The number of nitrogens with zero attached hydrogens (tertiary/aromatic N) is 2. The van der Waals surface area contributed by atoms with Crippen LogP contribution in [0, 0.1) is 0 Å². The molecule has 0 aliphatic carbocycles. The number of rotatable bonds is 3. The number of nitrogen functional groups attached to an aromatic ring is 1. The molecule has 5 nitrogen and oxygen atoms in total. The predicted octanol–water partition coefficient (Wildman–Crippen LogP) is 4.66. The number of halogens is 4. The van der Waals surface area contributed by atoms with E-state index < -0.39 is 17.8 Å². The largest absolute Gasteiger partial charge is 0.435 e. The highest BCUT2D eigenvalue weighted by molar-refractivity contribution is 7.18. The SMILES string of the molecule is Cn1nc(C(F)(F)F)cc1-c1sc(C(=O)Nc2ccccc2Cl)cc1N. The van der Waals surface area contributed by atoms with E-state index in [0.717, 1.165) is 22.1 Å². The van der Waals surface area contributed by atoms with E-state index in [1.54, 1.807) is 24.3 Å². The maximum absolute atomic E-state index is 12.8. The van der Waals surface area contributed by atoms with Crippen LogP contribution in [-0.4, -0.2) is 15.7 Å². The van der Waals surface area contributed by atoms with Gasteiger partial charge in [-0.15, -0.1) is 11.3 Å². The van der Waals surface area contributed by atoms with Crippen LogP contribution in [0.5, 0.6) is 0 Å². The average Bonchev–Trinajstić information content (AvgIpc) is 3.12. The highest BCUT2D eigenvalue weighted by atomic mass is 35.5. The second kappa shape index (κ2) is 6.65. The number of aryl methyl sites for hydroxylation is 1. The number of para-hydroxylation sites is 1. The number of thiophene rings is 1. The molecular weight excluding hydrogens is 389 g/mol. The van der Waals surface area contributed by atoms with Crippen molar-refractivity contribution in [3.05, 3.63) is 52.0 Å². The number of nitrogens with one attached hydrogen (secondary N) is 1. The molecule has 10 heteroatoms. The Labute approximate surface area is 155 Å². The molecule has 0 fully saturated rings. The van der Waals surface area contributed by atoms with Gasteiger partial charge in [-0.2, -0.15) is 18.3 Å². The third-order valence-electron chi connectivity index (χ3n) is 3.51. The van der Waals surface area contributed by atoms with Gasteiger partial charge in [-0.05, 0) is 24.3 Å². The van der Waals surface area contributed by atoms with Crippen molar-refractivity contribution in [3.8, 4) is 10.6 Å². The van der Waals surface area contributed by atoms with Gasteiger partial charge in [-0.3, -0.25) is 9.48 Å². The van der Waals surface area contributed by atoms with Crippen molar-refractivity contribution >= 4 is 40.2 Å². The van der Waals surface area contributed by atoms with Gasteiger partial charge in [0.2, 0.25) is 0 Å². The Morgan fingerprint density at radius 3 is 2.62 bits per heavy atom. The van der Waals surface area contributed by atoms with E-state index in [-0.39, 0.29) is 16.3 Å². The van der Waals surface area contributed by atoms with Crippen LogP contribution in [0.15, 0.2) is 36.4 Å². The lowest BCUT2D eigenvalue weighted by Crippen LogP contribution is -2.10. The molecule has 0 spiro atoms. The van der Waals surface area contributed by atoms with Crippen molar-refractivity contribution in [3.63, 3.8) is 0 Å². The van der Waals surface area contributed by atoms with Crippen molar-refractivity contribution in [2.75, 3.05) is 11.1 Å². The van der Waals surface area contributed by atoms with Gasteiger partial charge in [0, 0.05) is 7.05 Å². The second-order valence-electron chi connectivity index (χ2n) is 5.37. The molecule has 0 radical (unpaired) electrons. The number of hydrogen-bond acceptors (Lipinski definition) is 4. The highest BCUT2D eigenvalue weighted by Crippen LogP contribution is 2.38. The summed E-state index contributed by atoms with van der Waals surface area (Å²) in [5.74, 6) is -0.459. The predicted molar refractivity (Wildman–Crippen MR) is 95.3 cm³/mol. The van der Waals surface area contributed by atoms with Crippen LogP contribution in [-0.2, 0) is 13.2 Å². The van der Waals surface area contributed by atoms with Gasteiger partial charge < -0.3 is 11.1 Å². The Hall–Kier alpha value is -2.52. The summed E-state index contributed by atoms with van der Waals surface area (Å²) in [5.41, 5.74) is 5.67. The highest BCUT2D eigenvalue weighted by Gasteiger charge is 2.35.